The van der Waals surface area contributed by atoms with E-state index in [1.165, 1.54) is 24.1 Å². The maximum atomic E-state index is 12.4. The molecule has 0 bridgehead atoms. The van der Waals surface area contributed by atoms with Crippen LogP contribution >= 0.6 is 11.3 Å². The molecular formula is C17H17N5O2S. The highest BCUT2D eigenvalue weighted by atomic mass is 32.1. The van der Waals surface area contributed by atoms with Crippen LogP contribution in [0.5, 0.6) is 0 Å². The van der Waals surface area contributed by atoms with Gasteiger partial charge in [-0.1, -0.05) is 11.2 Å². The molecule has 1 amide bonds. The molecule has 4 heterocycles. The Hall–Kier alpha value is -2.74. The second-order valence-electron chi connectivity index (χ2n) is 5.82. The van der Waals surface area contributed by atoms with Crippen molar-refractivity contribution in [1.29, 1.82) is 0 Å². The van der Waals surface area contributed by atoms with E-state index in [2.05, 4.69) is 25.3 Å². The first kappa shape index (κ1) is 15.8. The smallest absolute Gasteiger partial charge is 0.279 e. The Morgan fingerprint density at radius 2 is 2.08 bits per heavy atom. The third kappa shape index (κ3) is 3.53. The van der Waals surface area contributed by atoms with E-state index in [0.717, 1.165) is 36.6 Å². The normalized spacial score (nSPS) is 14.5. The summed E-state index contributed by atoms with van der Waals surface area (Å²) in [7, 11) is 0. The number of carbonyl (C=O) groups excluding carboxylic acids is 1. The van der Waals surface area contributed by atoms with E-state index in [4.69, 9.17) is 4.52 Å². The van der Waals surface area contributed by atoms with Crippen LogP contribution in [0.4, 0.5) is 11.6 Å². The van der Waals surface area contributed by atoms with Crippen molar-refractivity contribution < 1.29 is 9.32 Å². The number of thiophene rings is 1. The number of rotatable bonds is 4. The first-order valence-corrected chi connectivity index (χ1v) is 9.06. The maximum absolute atomic E-state index is 12.4. The van der Waals surface area contributed by atoms with Crippen molar-refractivity contribution in [3.05, 3.63) is 41.7 Å². The molecule has 1 N–H and O–H groups in total. The van der Waals surface area contributed by atoms with E-state index in [1.54, 1.807) is 12.1 Å². The Labute approximate surface area is 148 Å². The van der Waals surface area contributed by atoms with Crippen molar-refractivity contribution in [2.24, 2.45) is 0 Å². The average Bonchev–Trinajstić information content (AvgIpc) is 3.34. The molecule has 128 valence electrons. The van der Waals surface area contributed by atoms with E-state index in [0.29, 0.717) is 11.6 Å². The number of hydrogen-bond acceptors (Lipinski definition) is 7. The van der Waals surface area contributed by atoms with Gasteiger partial charge in [0.1, 0.15) is 18.0 Å². The third-order valence-electron chi connectivity index (χ3n) is 4.08. The van der Waals surface area contributed by atoms with Crippen molar-refractivity contribution in [2.75, 3.05) is 23.3 Å². The van der Waals surface area contributed by atoms with Crippen LogP contribution in [0, 0.1) is 0 Å². The molecule has 3 aromatic heterocycles. The van der Waals surface area contributed by atoms with Crippen molar-refractivity contribution in [3.63, 3.8) is 0 Å². The molecular weight excluding hydrogens is 338 g/mol. The fraction of sp³-hybridized carbons (Fsp3) is 0.294. The molecule has 1 aliphatic heterocycles. The zero-order valence-electron chi connectivity index (χ0n) is 13.5. The zero-order chi connectivity index (χ0) is 17.1. The van der Waals surface area contributed by atoms with Gasteiger partial charge in [-0.3, -0.25) is 4.79 Å². The Morgan fingerprint density at radius 1 is 1.20 bits per heavy atom. The molecule has 1 saturated heterocycles. The molecule has 0 atom stereocenters. The molecule has 25 heavy (non-hydrogen) atoms. The number of carbonyl (C=O) groups is 1. The predicted octanol–water partition coefficient (Wildman–Crippen LogP) is 3.44. The average molecular weight is 355 g/mol. The highest BCUT2D eigenvalue weighted by Crippen LogP contribution is 2.25. The number of nitrogens with one attached hydrogen (secondary N) is 1. The molecule has 1 aliphatic rings. The van der Waals surface area contributed by atoms with Gasteiger partial charge in [0.05, 0.1) is 4.88 Å². The quantitative estimate of drug-likeness (QED) is 0.772. The molecule has 0 radical (unpaired) electrons. The van der Waals surface area contributed by atoms with Crippen LogP contribution in [0.1, 0.15) is 29.8 Å². The third-order valence-corrected chi connectivity index (χ3v) is 4.97. The van der Waals surface area contributed by atoms with Gasteiger partial charge in [-0.2, -0.15) is 0 Å². The summed E-state index contributed by atoms with van der Waals surface area (Å²) in [4.78, 5) is 24.0. The Balaban J connectivity index is 1.47. The number of nitrogens with zero attached hydrogens (tertiary/aromatic N) is 4. The van der Waals surface area contributed by atoms with Crippen molar-refractivity contribution in [2.45, 2.75) is 19.3 Å². The van der Waals surface area contributed by atoms with Gasteiger partial charge in [-0.05, 0) is 30.7 Å². The number of piperidine rings is 1. The molecule has 8 heteroatoms. The van der Waals surface area contributed by atoms with Crippen molar-refractivity contribution in [3.8, 4) is 10.6 Å². The fourth-order valence-electron chi connectivity index (χ4n) is 2.81. The van der Waals surface area contributed by atoms with Crippen molar-refractivity contribution in [1.82, 2.24) is 15.1 Å². The van der Waals surface area contributed by atoms with Gasteiger partial charge in [-0.15, -0.1) is 11.3 Å². The Kier molecular flexibility index (Phi) is 4.43. The van der Waals surface area contributed by atoms with Crippen LogP contribution in [0.15, 0.2) is 40.5 Å². The van der Waals surface area contributed by atoms with Gasteiger partial charge in [0.2, 0.25) is 0 Å². The zero-order valence-corrected chi connectivity index (χ0v) is 14.3. The predicted molar refractivity (Wildman–Crippen MR) is 95.9 cm³/mol. The van der Waals surface area contributed by atoms with Gasteiger partial charge in [-0.25, -0.2) is 9.97 Å². The van der Waals surface area contributed by atoms with Gasteiger partial charge in [0.15, 0.2) is 11.5 Å². The van der Waals surface area contributed by atoms with Crippen LogP contribution in [-0.2, 0) is 0 Å². The molecule has 0 unspecified atom stereocenters. The summed E-state index contributed by atoms with van der Waals surface area (Å²) in [6, 6.07) is 7.27. The topological polar surface area (TPSA) is 84.2 Å². The summed E-state index contributed by atoms with van der Waals surface area (Å²) < 4.78 is 5.25. The largest absolute Gasteiger partial charge is 0.356 e. The summed E-state index contributed by atoms with van der Waals surface area (Å²) in [5.74, 6) is 1.53. The Bertz CT molecular complexity index is 856. The highest BCUT2D eigenvalue weighted by molar-refractivity contribution is 7.13. The van der Waals surface area contributed by atoms with E-state index in [-0.39, 0.29) is 11.6 Å². The Morgan fingerprint density at radius 3 is 2.88 bits per heavy atom. The number of anilines is 2. The molecule has 3 aromatic rings. The lowest BCUT2D eigenvalue weighted by atomic mass is 10.1. The lowest BCUT2D eigenvalue weighted by Gasteiger charge is -2.27. The summed E-state index contributed by atoms with van der Waals surface area (Å²) >= 11 is 1.53. The van der Waals surface area contributed by atoms with Gasteiger partial charge in [0, 0.05) is 25.2 Å². The van der Waals surface area contributed by atoms with E-state index >= 15 is 0 Å². The molecule has 0 saturated carbocycles. The summed E-state index contributed by atoms with van der Waals surface area (Å²) in [5.41, 5.74) is 0.224. The fourth-order valence-corrected chi connectivity index (χ4v) is 3.48. The van der Waals surface area contributed by atoms with Gasteiger partial charge < -0.3 is 14.7 Å². The SMILES string of the molecule is O=C(Nc1cc(N2CCCCC2)ncn1)c1cc(-c2cccs2)on1. The van der Waals surface area contributed by atoms with Crippen molar-refractivity contribution >= 4 is 28.9 Å². The molecule has 4 rings (SSSR count). The monoisotopic (exact) mass is 355 g/mol. The molecule has 1 fully saturated rings. The van der Waals surface area contributed by atoms with E-state index in [9.17, 15) is 4.79 Å². The number of amides is 1. The molecule has 7 nitrogen and oxygen atoms in total. The minimum absolute atomic E-state index is 0.224. The lowest BCUT2D eigenvalue weighted by Crippen LogP contribution is -2.30. The summed E-state index contributed by atoms with van der Waals surface area (Å²) in [5, 5.41) is 8.55. The van der Waals surface area contributed by atoms with Crippen LogP contribution in [0.2, 0.25) is 0 Å². The first-order chi connectivity index (χ1) is 12.3. The van der Waals surface area contributed by atoms with Crippen LogP contribution < -0.4 is 10.2 Å². The summed E-state index contributed by atoms with van der Waals surface area (Å²) in [6.07, 6.45) is 5.05. The maximum Gasteiger partial charge on any atom is 0.279 e. The standard InChI is InChI=1S/C17H17N5O2S/c23-17(12-9-13(24-21-12)14-5-4-8-25-14)20-15-10-16(19-11-18-15)22-6-2-1-3-7-22/h4-5,8-11H,1-3,6-7H2,(H,18,19,20,23). The molecule has 0 aliphatic carbocycles. The van der Waals surface area contributed by atoms with Crippen LogP contribution in [0.3, 0.4) is 0 Å². The van der Waals surface area contributed by atoms with Crippen LogP contribution in [-0.4, -0.2) is 34.1 Å². The molecule has 0 aromatic carbocycles. The minimum atomic E-state index is -0.352. The first-order valence-electron chi connectivity index (χ1n) is 8.18. The highest BCUT2D eigenvalue weighted by Gasteiger charge is 2.17. The van der Waals surface area contributed by atoms with E-state index < -0.39 is 0 Å². The second-order valence-corrected chi connectivity index (χ2v) is 6.76. The minimum Gasteiger partial charge on any atom is -0.356 e. The second kappa shape index (κ2) is 7.02. The lowest BCUT2D eigenvalue weighted by molar-refractivity contribution is 0.101. The van der Waals surface area contributed by atoms with Crippen LogP contribution in [0.25, 0.3) is 10.6 Å². The number of hydrogen-bond donors (Lipinski definition) is 1. The van der Waals surface area contributed by atoms with Gasteiger partial charge >= 0.3 is 0 Å². The van der Waals surface area contributed by atoms with E-state index in [1.807, 2.05) is 17.5 Å². The number of aromatic nitrogens is 3. The molecule has 0 spiro atoms. The van der Waals surface area contributed by atoms with Gasteiger partial charge in [0.25, 0.3) is 5.91 Å². The summed E-state index contributed by atoms with van der Waals surface area (Å²) in [6.45, 7) is 1.97.